The molecule has 0 saturated carbocycles. The number of hydrogen-bond donors (Lipinski definition) is 2. The van der Waals surface area contributed by atoms with Crippen molar-refractivity contribution in [3.63, 3.8) is 0 Å². The average molecular weight is 294 g/mol. The van der Waals surface area contributed by atoms with Crippen molar-refractivity contribution in [3.05, 3.63) is 23.8 Å². The Morgan fingerprint density at radius 2 is 2.05 bits per heavy atom. The quantitative estimate of drug-likeness (QED) is 0.732. The lowest BCUT2D eigenvalue weighted by molar-refractivity contribution is -0.120. The molecule has 0 fully saturated rings. The van der Waals surface area contributed by atoms with Gasteiger partial charge in [-0.2, -0.15) is 0 Å². The second-order valence-electron chi connectivity index (χ2n) is 5.11. The third-order valence-corrected chi connectivity index (χ3v) is 2.78. The number of ether oxygens (including phenoxy) is 2. The maximum Gasteiger partial charge on any atom is 0.233 e. The maximum atomic E-state index is 11.5. The molecule has 0 saturated heterocycles. The highest BCUT2D eigenvalue weighted by Gasteiger charge is 2.07. The first-order valence-corrected chi connectivity index (χ1v) is 7.37. The number of rotatable bonds is 9. The van der Waals surface area contributed by atoms with Crippen molar-refractivity contribution >= 4 is 5.91 Å². The summed E-state index contributed by atoms with van der Waals surface area (Å²) >= 11 is 0. The Hall–Kier alpha value is -1.75. The van der Waals surface area contributed by atoms with Crippen molar-refractivity contribution in [1.29, 1.82) is 0 Å². The summed E-state index contributed by atoms with van der Waals surface area (Å²) in [6.45, 7) is 7.62. The fourth-order valence-corrected chi connectivity index (χ4v) is 1.82. The van der Waals surface area contributed by atoms with E-state index in [1.165, 1.54) is 0 Å². The Balaban J connectivity index is 2.50. The van der Waals surface area contributed by atoms with Crippen molar-refractivity contribution in [2.75, 3.05) is 20.2 Å². The zero-order chi connectivity index (χ0) is 15.7. The second kappa shape index (κ2) is 9.23. The van der Waals surface area contributed by atoms with Crippen LogP contribution in [0.4, 0.5) is 0 Å². The Morgan fingerprint density at radius 1 is 1.29 bits per heavy atom. The van der Waals surface area contributed by atoms with Crippen LogP contribution in [0.3, 0.4) is 0 Å². The molecule has 0 atom stereocenters. The molecule has 118 valence electrons. The molecule has 1 amide bonds. The second-order valence-corrected chi connectivity index (χ2v) is 5.11. The van der Waals surface area contributed by atoms with E-state index in [9.17, 15) is 4.79 Å². The number of amides is 1. The summed E-state index contributed by atoms with van der Waals surface area (Å²) in [4.78, 5) is 11.5. The summed E-state index contributed by atoms with van der Waals surface area (Å²) in [5.41, 5.74) is 1.05. The Labute approximate surface area is 127 Å². The average Bonchev–Trinajstić information content (AvgIpc) is 2.46. The fourth-order valence-electron chi connectivity index (χ4n) is 1.82. The molecule has 0 aliphatic heterocycles. The van der Waals surface area contributed by atoms with Crippen LogP contribution >= 0.6 is 0 Å². The van der Waals surface area contributed by atoms with Crippen LogP contribution in [0.25, 0.3) is 0 Å². The molecule has 5 heteroatoms. The van der Waals surface area contributed by atoms with E-state index >= 15 is 0 Å². The minimum atomic E-state index is 0.0172. The van der Waals surface area contributed by atoms with Gasteiger partial charge in [-0.05, 0) is 38.0 Å². The van der Waals surface area contributed by atoms with Crippen LogP contribution < -0.4 is 20.1 Å². The largest absolute Gasteiger partial charge is 0.493 e. The van der Waals surface area contributed by atoms with E-state index in [1.54, 1.807) is 7.11 Å². The molecule has 0 radical (unpaired) electrons. The number of carbonyl (C=O) groups is 1. The van der Waals surface area contributed by atoms with Gasteiger partial charge in [0.2, 0.25) is 5.91 Å². The van der Waals surface area contributed by atoms with Crippen molar-refractivity contribution in [2.45, 2.75) is 39.8 Å². The lowest BCUT2D eigenvalue weighted by Gasteiger charge is -2.14. The molecular weight excluding hydrogens is 268 g/mol. The molecule has 0 aliphatic rings. The molecule has 1 rings (SSSR count). The summed E-state index contributed by atoms with van der Waals surface area (Å²) in [6.07, 6.45) is 1.05. The molecule has 0 unspecified atom stereocenters. The summed E-state index contributed by atoms with van der Waals surface area (Å²) in [5, 5.41) is 5.94. The van der Waals surface area contributed by atoms with Gasteiger partial charge in [0.05, 0.1) is 19.8 Å². The van der Waals surface area contributed by atoms with Gasteiger partial charge in [-0.3, -0.25) is 4.79 Å². The molecule has 0 heterocycles. The van der Waals surface area contributed by atoms with Crippen LogP contribution in [0.5, 0.6) is 11.5 Å². The topological polar surface area (TPSA) is 59.6 Å². The van der Waals surface area contributed by atoms with E-state index in [-0.39, 0.29) is 12.0 Å². The van der Waals surface area contributed by atoms with Crippen LogP contribution in [0, 0.1) is 0 Å². The molecule has 0 aromatic heterocycles. The van der Waals surface area contributed by atoms with Crippen LogP contribution in [-0.4, -0.2) is 32.2 Å². The summed E-state index contributed by atoms with van der Waals surface area (Å²) < 4.78 is 11.0. The van der Waals surface area contributed by atoms with E-state index in [4.69, 9.17) is 9.47 Å². The Kier molecular flexibility index (Phi) is 7.61. The predicted octanol–water partition coefficient (Wildman–Crippen LogP) is 2.10. The number of methoxy groups -OCH3 is 1. The van der Waals surface area contributed by atoms with E-state index in [2.05, 4.69) is 10.6 Å². The maximum absolute atomic E-state index is 11.5. The zero-order valence-corrected chi connectivity index (χ0v) is 13.4. The highest BCUT2D eigenvalue weighted by atomic mass is 16.5. The third-order valence-electron chi connectivity index (χ3n) is 2.78. The lowest BCUT2D eigenvalue weighted by atomic mass is 10.2. The minimum absolute atomic E-state index is 0.0172. The van der Waals surface area contributed by atoms with Gasteiger partial charge in [0, 0.05) is 13.1 Å². The summed E-state index contributed by atoms with van der Waals surface area (Å²) in [6, 6.07) is 5.79. The minimum Gasteiger partial charge on any atom is -0.493 e. The molecule has 0 spiro atoms. The van der Waals surface area contributed by atoms with E-state index in [1.807, 2.05) is 39.0 Å². The normalized spacial score (nSPS) is 10.5. The van der Waals surface area contributed by atoms with Crippen molar-refractivity contribution in [3.8, 4) is 11.5 Å². The monoisotopic (exact) mass is 294 g/mol. The molecule has 1 aromatic carbocycles. The number of hydrogen-bond acceptors (Lipinski definition) is 4. The molecule has 5 nitrogen and oxygen atoms in total. The SMILES string of the molecule is CCCNC(=O)CNCc1ccc(OC(C)C)c(OC)c1. The van der Waals surface area contributed by atoms with Gasteiger partial charge in [-0.1, -0.05) is 13.0 Å². The molecule has 2 N–H and O–H groups in total. The first-order valence-electron chi connectivity index (χ1n) is 7.37. The van der Waals surface area contributed by atoms with Crippen LogP contribution in [-0.2, 0) is 11.3 Å². The van der Waals surface area contributed by atoms with Crippen LogP contribution in [0.15, 0.2) is 18.2 Å². The third kappa shape index (κ3) is 6.49. The standard InChI is InChI=1S/C16H26N2O3/c1-5-8-18-16(19)11-17-10-13-6-7-14(21-12(2)3)15(9-13)20-4/h6-7,9,12,17H,5,8,10-11H2,1-4H3,(H,18,19). The van der Waals surface area contributed by atoms with E-state index in [0.29, 0.717) is 18.8 Å². The molecule has 0 aliphatic carbocycles. The van der Waals surface area contributed by atoms with Gasteiger partial charge in [0.1, 0.15) is 0 Å². The van der Waals surface area contributed by atoms with Gasteiger partial charge >= 0.3 is 0 Å². The van der Waals surface area contributed by atoms with Gasteiger partial charge < -0.3 is 20.1 Å². The van der Waals surface area contributed by atoms with Gasteiger partial charge in [0.15, 0.2) is 11.5 Å². The highest BCUT2D eigenvalue weighted by molar-refractivity contribution is 5.77. The lowest BCUT2D eigenvalue weighted by Crippen LogP contribution is -2.33. The van der Waals surface area contributed by atoms with E-state index < -0.39 is 0 Å². The number of carbonyl (C=O) groups excluding carboxylic acids is 1. The fraction of sp³-hybridized carbons (Fsp3) is 0.562. The van der Waals surface area contributed by atoms with Gasteiger partial charge in [-0.15, -0.1) is 0 Å². The Bertz CT molecular complexity index is 447. The van der Waals surface area contributed by atoms with Crippen molar-refractivity contribution < 1.29 is 14.3 Å². The van der Waals surface area contributed by atoms with Crippen LogP contribution in [0.1, 0.15) is 32.8 Å². The van der Waals surface area contributed by atoms with E-state index in [0.717, 1.165) is 24.3 Å². The van der Waals surface area contributed by atoms with Crippen molar-refractivity contribution in [2.24, 2.45) is 0 Å². The van der Waals surface area contributed by atoms with Gasteiger partial charge in [0.25, 0.3) is 0 Å². The molecular formula is C16H26N2O3. The Morgan fingerprint density at radius 3 is 2.67 bits per heavy atom. The highest BCUT2D eigenvalue weighted by Crippen LogP contribution is 2.28. The summed E-state index contributed by atoms with van der Waals surface area (Å²) in [7, 11) is 1.62. The van der Waals surface area contributed by atoms with Gasteiger partial charge in [-0.25, -0.2) is 0 Å². The predicted molar refractivity (Wildman–Crippen MR) is 83.8 cm³/mol. The number of nitrogens with one attached hydrogen (secondary N) is 2. The molecule has 21 heavy (non-hydrogen) atoms. The first-order chi connectivity index (χ1) is 10.1. The molecule has 1 aromatic rings. The number of benzene rings is 1. The smallest absolute Gasteiger partial charge is 0.233 e. The first kappa shape index (κ1) is 17.3. The zero-order valence-electron chi connectivity index (χ0n) is 13.4. The van der Waals surface area contributed by atoms with Crippen LogP contribution in [0.2, 0.25) is 0 Å². The molecule has 0 bridgehead atoms. The summed E-state index contributed by atoms with van der Waals surface area (Å²) in [5.74, 6) is 1.46. The van der Waals surface area contributed by atoms with Crippen molar-refractivity contribution in [1.82, 2.24) is 10.6 Å².